The molecule has 2 heterocycles. The summed E-state index contributed by atoms with van der Waals surface area (Å²) in [7, 11) is 0. The molecule has 218 valence electrons. The lowest BCUT2D eigenvalue weighted by molar-refractivity contribution is -0.137. The molecule has 0 radical (unpaired) electrons. The number of nitrogens with zero attached hydrogens (tertiary/aromatic N) is 2. The zero-order valence-corrected chi connectivity index (χ0v) is 23.8. The number of aryl methyl sites for hydroxylation is 1. The molecule has 11 heteroatoms. The van der Waals surface area contributed by atoms with Crippen LogP contribution in [0.1, 0.15) is 53.5 Å². The molecule has 1 atom stereocenters. The van der Waals surface area contributed by atoms with Crippen LogP contribution in [0.4, 0.5) is 11.4 Å². The summed E-state index contributed by atoms with van der Waals surface area (Å²) in [6, 6.07) is 22.8. The lowest BCUT2D eigenvalue weighted by Crippen LogP contribution is -2.37. The van der Waals surface area contributed by atoms with Gasteiger partial charge in [0.25, 0.3) is 5.91 Å². The summed E-state index contributed by atoms with van der Waals surface area (Å²) in [6.07, 6.45) is 2.83. The molecule has 0 aliphatic carbocycles. The number of anilines is 2. The van der Waals surface area contributed by atoms with Crippen molar-refractivity contribution in [1.82, 2.24) is 9.36 Å². The standard InChI is InChI=1S/C31H32N4O6S/c36-27(37)13-7-18-35-20-26(29-33-31(39)42-34-29)41-28-24(11-6-12-25(28)35)32-30(38)22-14-16-23(17-15-22)40-19-5-4-10-21-8-2-1-3-9-21/h1-3,6,8-9,11-12,14-17,26H,4-5,7,10,13,18-20H2,(H,32,38)(H,36,37)(H,33,34,39). The number of aromatic amines is 1. The van der Waals surface area contributed by atoms with Gasteiger partial charge in [0.1, 0.15) is 5.75 Å². The average Bonchev–Trinajstić information content (AvgIpc) is 3.44. The molecule has 0 spiro atoms. The fourth-order valence-corrected chi connectivity index (χ4v) is 5.29. The summed E-state index contributed by atoms with van der Waals surface area (Å²) in [5.41, 5.74) is 2.96. The average molecular weight is 589 g/mol. The first-order valence-corrected chi connectivity index (χ1v) is 14.6. The fourth-order valence-electron chi connectivity index (χ4n) is 4.79. The lowest BCUT2D eigenvalue weighted by Gasteiger charge is -2.36. The number of fused-ring (bicyclic) bond motifs is 1. The summed E-state index contributed by atoms with van der Waals surface area (Å²) in [5, 5.41) is 12.0. The minimum atomic E-state index is -0.871. The normalized spacial score (nSPS) is 14.1. The molecule has 1 aromatic heterocycles. The largest absolute Gasteiger partial charge is 0.494 e. The lowest BCUT2D eigenvalue weighted by atomic mass is 10.1. The second-order valence-corrected chi connectivity index (χ2v) is 10.7. The molecule has 10 nitrogen and oxygen atoms in total. The molecule has 3 N–H and O–H groups in total. The summed E-state index contributed by atoms with van der Waals surface area (Å²) in [5.74, 6) is 0.327. The highest BCUT2D eigenvalue weighted by atomic mass is 32.1. The smallest absolute Gasteiger partial charge is 0.323 e. The van der Waals surface area contributed by atoms with Crippen LogP contribution in [0.3, 0.4) is 0 Å². The third-order valence-corrected chi connectivity index (χ3v) is 7.45. The van der Waals surface area contributed by atoms with E-state index < -0.39 is 12.1 Å². The van der Waals surface area contributed by atoms with E-state index in [1.807, 2.05) is 35.2 Å². The van der Waals surface area contributed by atoms with Crippen molar-refractivity contribution < 1.29 is 24.2 Å². The topological polar surface area (TPSA) is 134 Å². The third kappa shape index (κ3) is 7.55. The summed E-state index contributed by atoms with van der Waals surface area (Å²) >= 11 is 0.804. The van der Waals surface area contributed by atoms with Gasteiger partial charge in [-0.3, -0.25) is 19.4 Å². The van der Waals surface area contributed by atoms with Crippen LogP contribution in [-0.2, 0) is 11.2 Å². The molecule has 5 rings (SSSR count). The molecule has 4 aromatic rings. The predicted octanol–water partition coefficient (Wildman–Crippen LogP) is 5.29. The van der Waals surface area contributed by atoms with Gasteiger partial charge in [0.2, 0.25) is 0 Å². The van der Waals surface area contributed by atoms with E-state index in [9.17, 15) is 14.4 Å². The fraction of sp³-hybridized carbons (Fsp3) is 0.290. The van der Waals surface area contributed by atoms with Crippen LogP contribution in [0.25, 0.3) is 0 Å². The number of carboxylic acid groups (broad SMARTS) is 1. The number of amides is 1. The highest BCUT2D eigenvalue weighted by molar-refractivity contribution is 7.02. The number of hydrogen-bond acceptors (Lipinski definition) is 8. The maximum Gasteiger partial charge on any atom is 0.323 e. The number of benzene rings is 3. The highest BCUT2D eigenvalue weighted by Crippen LogP contribution is 2.43. The second kappa shape index (κ2) is 13.8. The van der Waals surface area contributed by atoms with Gasteiger partial charge in [-0.25, -0.2) is 0 Å². The van der Waals surface area contributed by atoms with E-state index in [1.165, 1.54) is 5.56 Å². The molecule has 0 saturated carbocycles. The Morgan fingerprint density at radius 3 is 2.60 bits per heavy atom. The predicted molar refractivity (Wildman–Crippen MR) is 161 cm³/mol. The van der Waals surface area contributed by atoms with E-state index in [4.69, 9.17) is 14.6 Å². The van der Waals surface area contributed by atoms with E-state index in [2.05, 4.69) is 26.8 Å². The number of aliphatic carboxylic acids is 1. The Balaban J connectivity index is 1.22. The maximum atomic E-state index is 13.2. The number of aromatic nitrogens is 2. The monoisotopic (exact) mass is 588 g/mol. The van der Waals surface area contributed by atoms with Crippen molar-refractivity contribution in [2.75, 3.05) is 29.9 Å². The van der Waals surface area contributed by atoms with Gasteiger partial charge in [0, 0.05) is 30.1 Å². The molecule has 1 aliphatic heterocycles. The van der Waals surface area contributed by atoms with Crippen LogP contribution in [0.2, 0.25) is 0 Å². The Hall–Kier alpha value is -4.64. The van der Waals surface area contributed by atoms with E-state index >= 15 is 0 Å². The van der Waals surface area contributed by atoms with Crippen LogP contribution >= 0.6 is 11.5 Å². The first-order valence-electron chi connectivity index (χ1n) is 13.9. The summed E-state index contributed by atoms with van der Waals surface area (Å²) in [4.78, 5) is 40.4. The molecular formula is C31H32N4O6S. The zero-order valence-electron chi connectivity index (χ0n) is 23.0. The van der Waals surface area contributed by atoms with Crippen LogP contribution in [0.15, 0.2) is 77.6 Å². The first kappa shape index (κ1) is 28.9. The van der Waals surface area contributed by atoms with E-state index in [0.717, 1.165) is 36.5 Å². The number of H-pyrrole nitrogens is 1. The number of nitrogens with one attached hydrogen (secondary N) is 2. The van der Waals surface area contributed by atoms with Gasteiger partial charge in [-0.15, -0.1) is 0 Å². The van der Waals surface area contributed by atoms with Crippen LogP contribution in [-0.4, -0.2) is 46.0 Å². The molecule has 0 saturated heterocycles. The number of ether oxygens (including phenoxy) is 2. The maximum absolute atomic E-state index is 13.2. The van der Waals surface area contributed by atoms with Crippen LogP contribution in [0, 0.1) is 0 Å². The molecule has 0 fully saturated rings. The molecule has 1 unspecified atom stereocenters. The molecule has 0 bridgehead atoms. The van der Waals surface area contributed by atoms with Crippen molar-refractivity contribution in [2.45, 2.75) is 38.2 Å². The Bertz CT molecular complexity index is 1550. The number of carbonyl (C=O) groups is 2. The number of carbonyl (C=O) groups excluding carboxylic acids is 1. The first-order chi connectivity index (χ1) is 20.5. The van der Waals surface area contributed by atoms with Gasteiger partial charge in [-0.05, 0) is 67.6 Å². The molecule has 3 aromatic carbocycles. The van der Waals surface area contributed by atoms with Gasteiger partial charge in [0.05, 0.1) is 24.5 Å². The van der Waals surface area contributed by atoms with Crippen molar-refractivity contribution >= 4 is 34.8 Å². The molecule has 1 amide bonds. The number of para-hydroxylation sites is 1. The van der Waals surface area contributed by atoms with E-state index in [1.54, 1.807) is 30.3 Å². The van der Waals surface area contributed by atoms with Crippen molar-refractivity contribution in [3.63, 3.8) is 0 Å². The van der Waals surface area contributed by atoms with Crippen LogP contribution in [0.5, 0.6) is 11.5 Å². The number of carboxylic acids is 1. The Kier molecular flexibility index (Phi) is 9.50. The van der Waals surface area contributed by atoms with Crippen molar-refractivity contribution in [3.05, 3.63) is 99.4 Å². The number of unbranched alkanes of at least 4 members (excludes halogenated alkanes) is 1. The van der Waals surface area contributed by atoms with Crippen molar-refractivity contribution in [3.8, 4) is 11.5 Å². The molecule has 1 aliphatic rings. The van der Waals surface area contributed by atoms with E-state index in [-0.39, 0.29) is 17.2 Å². The van der Waals surface area contributed by atoms with E-state index in [0.29, 0.717) is 54.7 Å². The Labute approximate surface area is 247 Å². The number of rotatable bonds is 13. The zero-order chi connectivity index (χ0) is 29.3. The summed E-state index contributed by atoms with van der Waals surface area (Å²) in [6.45, 7) is 1.43. The quantitative estimate of drug-likeness (QED) is 0.179. The highest BCUT2D eigenvalue weighted by Gasteiger charge is 2.31. The van der Waals surface area contributed by atoms with Gasteiger partial charge in [-0.1, -0.05) is 36.4 Å². The molecular weight excluding hydrogens is 556 g/mol. The Morgan fingerprint density at radius 1 is 1.05 bits per heavy atom. The van der Waals surface area contributed by atoms with Gasteiger partial charge in [-0.2, -0.15) is 4.37 Å². The van der Waals surface area contributed by atoms with Gasteiger partial charge >= 0.3 is 10.8 Å². The third-order valence-electron chi connectivity index (χ3n) is 6.90. The minimum absolute atomic E-state index is 0.0225. The number of hydrogen-bond donors (Lipinski definition) is 3. The van der Waals surface area contributed by atoms with Gasteiger partial charge < -0.3 is 24.8 Å². The Morgan fingerprint density at radius 2 is 1.86 bits per heavy atom. The van der Waals surface area contributed by atoms with Gasteiger partial charge in [0.15, 0.2) is 17.7 Å². The SMILES string of the molecule is O=C(O)CCCN1CC(c2nsc(=O)[nH]2)Oc2c(NC(=O)c3ccc(OCCCCc4ccccc4)cc3)cccc21. The minimum Gasteiger partial charge on any atom is -0.494 e. The second-order valence-electron chi connectivity index (χ2n) is 9.95. The van der Waals surface area contributed by atoms with Crippen molar-refractivity contribution in [1.29, 1.82) is 0 Å². The van der Waals surface area contributed by atoms with Crippen LogP contribution < -0.4 is 24.6 Å². The summed E-state index contributed by atoms with van der Waals surface area (Å²) < 4.78 is 16.3. The van der Waals surface area contributed by atoms with Crippen molar-refractivity contribution in [2.24, 2.45) is 0 Å². The molecule has 42 heavy (non-hydrogen) atoms.